The van der Waals surface area contributed by atoms with Crippen molar-refractivity contribution in [2.24, 2.45) is 5.92 Å². The van der Waals surface area contributed by atoms with Gasteiger partial charge in [-0.2, -0.15) is 0 Å². The van der Waals surface area contributed by atoms with Crippen molar-refractivity contribution in [1.82, 2.24) is 5.32 Å². The van der Waals surface area contributed by atoms with Gasteiger partial charge in [0.05, 0.1) is 12.7 Å². The maximum absolute atomic E-state index is 10.6. The number of aliphatic hydroxyl groups excluding tert-OH is 1. The minimum Gasteiger partial charge on any atom is -0.480 e. The highest BCUT2D eigenvalue weighted by atomic mass is 16.5. The molecule has 3 N–H and O–H groups in total. The van der Waals surface area contributed by atoms with Gasteiger partial charge in [0.2, 0.25) is 0 Å². The largest absolute Gasteiger partial charge is 0.480 e. The molecule has 0 unspecified atom stereocenters. The van der Waals surface area contributed by atoms with Crippen molar-refractivity contribution in [2.75, 3.05) is 20.8 Å². The Hall–Kier alpha value is -0.650. The van der Waals surface area contributed by atoms with E-state index in [9.17, 15) is 9.90 Å². The van der Waals surface area contributed by atoms with Crippen molar-refractivity contribution in [3.05, 3.63) is 0 Å². The first-order valence-corrected chi connectivity index (χ1v) is 4.11. The van der Waals surface area contributed by atoms with Crippen LogP contribution in [0, 0.1) is 5.92 Å². The molecule has 0 radical (unpaired) electrons. The molecular weight excluding hydrogens is 174 g/mol. The third-order valence-corrected chi connectivity index (χ3v) is 1.93. The summed E-state index contributed by atoms with van der Waals surface area (Å²) in [5, 5.41) is 20.8. The first kappa shape index (κ1) is 12.3. The molecule has 0 aliphatic carbocycles. The first-order valence-electron chi connectivity index (χ1n) is 4.11. The van der Waals surface area contributed by atoms with E-state index in [0.717, 1.165) is 0 Å². The normalized spacial score (nSPS) is 17.8. The number of aliphatic hydroxyl groups is 1. The van der Waals surface area contributed by atoms with Crippen LogP contribution in [0.2, 0.25) is 0 Å². The fourth-order valence-corrected chi connectivity index (χ4v) is 1.13. The van der Waals surface area contributed by atoms with Crippen LogP contribution in [-0.2, 0) is 9.53 Å². The fourth-order valence-electron chi connectivity index (χ4n) is 1.13. The van der Waals surface area contributed by atoms with Crippen molar-refractivity contribution in [3.8, 4) is 0 Å². The molecule has 0 aromatic heterocycles. The van der Waals surface area contributed by atoms with Gasteiger partial charge < -0.3 is 20.3 Å². The number of carbonyl (C=O) groups is 1. The highest BCUT2D eigenvalue weighted by Gasteiger charge is 2.28. The van der Waals surface area contributed by atoms with E-state index in [1.165, 1.54) is 14.2 Å². The summed E-state index contributed by atoms with van der Waals surface area (Å²) in [6, 6.07) is -0.940. The van der Waals surface area contributed by atoms with Gasteiger partial charge in [-0.1, -0.05) is 6.92 Å². The van der Waals surface area contributed by atoms with E-state index < -0.39 is 18.1 Å². The SMILES string of the molecule is CN[C@H](C(=O)O)[C@H](O)[C@H](C)COC. The van der Waals surface area contributed by atoms with Gasteiger partial charge in [0.25, 0.3) is 0 Å². The molecule has 0 amide bonds. The van der Waals surface area contributed by atoms with E-state index in [-0.39, 0.29) is 5.92 Å². The highest BCUT2D eigenvalue weighted by molar-refractivity contribution is 5.74. The zero-order chi connectivity index (χ0) is 10.4. The van der Waals surface area contributed by atoms with Gasteiger partial charge in [-0.15, -0.1) is 0 Å². The molecule has 0 spiro atoms. The molecule has 0 fully saturated rings. The Morgan fingerprint density at radius 1 is 1.62 bits per heavy atom. The molecule has 78 valence electrons. The van der Waals surface area contributed by atoms with E-state index in [0.29, 0.717) is 6.61 Å². The van der Waals surface area contributed by atoms with Gasteiger partial charge in [-0.25, -0.2) is 0 Å². The Bertz CT molecular complexity index is 162. The molecule has 0 heterocycles. The van der Waals surface area contributed by atoms with Gasteiger partial charge in [0.15, 0.2) is 0 Å². The number of aliphatic carboxylic acids is 1. The second kappa shape index (κ2) is 5.90. The van der Waals surface area contributed by atoms with Gasteiger partial charge in [0, 0.05) is 13.0 Å². The van der Waals surface area contributed by atoms with Crippen molar-refractivity contribution in [2.45, 2.75) is 19.1 Å². The Morgan fingerprint density at radius 2 is 2.15 bits per heavy atom. The highest BCUT2D eigenvalue weighted by Crippen LogP contribution is 2.07. The number of likely N-dealkylation sites (N-methyl/N-ethyl adjacent to an activating group) is 1. The van der Waals surface area contributed by atoms with Crippen LogP contribution in [0.4, 0.5) is 0 Å². The van der Waals surface area contributed by atoms with Crippen LogP contribution in [-0.4, -0.2) is 49.1 Å². The van der Waals surface area contributed by atoms with Gasteiger partial charge >= 0.3 is 5.97 Å². The molecule has 3 atom stereocenters. The molecule has 0 rings (SSSR count). The molecule has 5 nitrogen and oxygen atoms in total. The minimum atomic E-state index is -1.06. The average Bonchev–Trinajstić information content (AvgIpc) is 2.05. The third kappa shape index (κ3) is 3.71. The number of rotatable bonds is 6. The molecule has 0 saturated heterocycles. The summed E-state index contributed by atoms with van der Waals surface area (Å²) in [5.41, 5.74) is 0. The van der Waals surface area contributed by atoms with Crippen LogP contribution in [0.3, 0.4) is 0 Å². The maximum Gasteiger partial charge on any atom is 0.323 e. The van der Waals surface area contributed by atoms with E-state index in [1.807, 2.05) is 0 Å². The van der Waals surface area contributed by atoms with Crippen LogP contribution < -0.4 is 5.32 Å². The lowest BCUT2D eigenvalue weighted by Gasteiger charge is -2.23. The average molecular weight is 191 g/mol. The zero-order valence-electron chi connectivity index (χ0n) is 8.15. The summed E-state index contributed by atoms with van der Waals surface area (Å²) in [6.07, 6.45) is -0.942. The number of ether oxygens (including phenoxy) is 1. The number of methoxy groups -OCH3 is 1. The smallest absolute Gasteiger partial charge is 0.323 e. The number of carboxylic acid groups (broad SMARTS) is 1. The quantitative estimate of drug-likeness (QED) is 0.517. The summed E-state index contributed by atoms with van der Waals surface area (Å²) in [5.74, 6) is -1.27. The van der Waals surface area contributed by atoms with Crippen LogP contribution in [0.15, 0.2) is 0 Å². The number of nitrogens with one attached hydrogen (secondary N) is 1. The topological polar surface area (TPSA) is 78.8 Å². The van der Waals surface area contributed by atoms with E-state index in [4.69, 9.17) is 9.84 Å². The van der Waals surface area contributed by atoms with E-state index >= 15 is 0 Å². The van der Waals surface area contributed by atoms with Crippen LogP contribution in [0.5, 0.6) is 0 Å². The summed E-state index contributed by atoms with van der Waals surface area (Å²) in [7, 11) is 3.01. The molecule has 0 saturated carbocycles. The van der Waals surface area contributed by atoms with Crippen molar-refractivity contribution >= 4 is 5.97 Å². The lowest BCUT2D eigenvalue weighted by molar-refractivity contribution is -0.143. The second-order valence-electron chi connectivity index (χ2n) is 3.03. The molecule has 0 aliphatic rings. The fraction of sp³-hybridized carbons (Fsp3) is 0.875. The van der Waals surface area contributed by atoms with Gasteiger partial charge in [0.1, 0.15) is 6.04 Å². The number of hydrogen-bond donors (Lipinski definition) is 3. The van der Waals surface area contributed by atoms with Crippen LogP contribution in [0.25, 0.3) is 0 Å². The summed E-state index contributed by atoms with van der Waals surface area (Å²) < 4.78 is 4.82. The molecule has 5 heteroatoms. The lowest BCUT2D eigenvalue weighted by Crippen LogP contribution is -2.48. The van der Waals surface area contributed by atoms with E-state index in [2.05, 4.69) is 5.32 Å². The lowest BCUT2D eigenvalue weighted by atomic mass is 9.99. The second-order valence-corrected chi connectivity index (χ2v) is 3.03. The summed E-state index contributed by atoms with van der Waals surface area (Å²) in [4.78, 5) is 10.6. The molecular formula is C8H17NO4. The third-order valence-electron chi connectivity index (χ3n) is 1.93. The van der Waals surface area contributed by atoms with Crippen molar-refractivity contribution in [3.63, 3.8) is 0 Å². The molecule has 0 aromatic carbocycles. The number of carboxylic acids is 1. The predicted molar refractivity (Wildman–Crippen MR) is 47.5 cm³/mol. The summed E-state index contributed by atoms with van der Waals surface area (Å²) >= 11 is 0. The van der Waals surface area contributed by atoms with Crippen LogP contribution in [0.1, 0.15) is 6.92 Å². The number of hydrogen-bond acceptors (Lipinski definition) is 4. The van der Waals surface area contributed by atoms with Gasteiger partial charge in [-0.3, -0.25) is 4.79 Å². The summed E-state index contributed by atoms with van der Waals surface area (Å²) in [6.45, 7) is 2.08. The molecule has 0 aromatic rings. The zero-order valence-corrected chi connectivity index (χ0v) is 8.15. The Morgan fingerprint density at radius 3 is 2.46 bits per heavy atom. The van der Waals surface area contributed by atoms with Crippen LogP contribution >= 0.6 is 0 Å². The minimum absolute atomic E-state index is 0.210. The molecule has 0 aliphatic heterocycles. The Labute approximate surface area is 77.7 Å². The standard InChI is InChI=1S/C8H17NO4/c1-5(4-13-3)7(10)6(9-2)8(11)12/h5-7,9-10H,4H2,1-3H3,(H,11,12)/t5-,6+,7-/m1/s1. The predicted octanol–water partition coefficient (Wildman–Crippen LogP) is -0.698. The monoisotopic (exact) mass is 191 g/mol. The first-order chi connectivity index (χ1) is 6.04. The van der Waals surface area contributed by atoms with Gasteiger partial charge in [-0.05, 0) is 7.05 Å². The van der Waals surface area contributed by atoms with E-state index in [1.54, 1.807) is 6.92 Å². The maximum atomic E-state index is 10.6. The molecule has 13 heavy (non-hydrogen) atoms. The molecule has 0 bridgehead atoms. The van der Waals surface area contributed by atoms with Crippen molar-refractivity contribution < 1.29 is 19.7 Å². The Kier molecular flexibility index (Phi) is 5.61. The Balaban J connectivity index is 4.18. The van der Waals surface area contributed by atoms with Crippen molar-refractivity contribution in [1.29, 1.82) is 0 Å².